The van der Waals surface area contributed by atoms with Crippen LogP contribution in [0.2, 0.25) is 0 Å². The van der Waals surface area contributed by atoms with Gasteiger partial charge in [-0.1, -0.05) is 6.92 Å². The number of rotatable bonds is 3. The smallest absolute Gasteiger partial charge is 0.352 e. The predicted octanol–water partition coefficient (Wildman–Crippen LogP) is -0.0166. The van der Waals surface area contributed by atoms with E-state index in [1.807, 2.05) is 0 Å². The predicted molar refractivity (Wildman–Crippen MR) is 42.7 cm³/mol. The van der Waals surface area contributed by atoms with Gasteiger partial charge in [-0.15, -0.1) is 4.99 Å². The highest BCUT2D eigenvalue weighted by Crippen LogP contribution is 1.94. The van der Waals surface area contributed by atoms with Gasteiger partial charge >= 0.3 is 12.0 Å². The van der Waals surface area contributed by atoms with Crippen LogP contribution in [0.15, 0.2) is 4.99 Å². The molecule has 1 atom stereocenters. The Labute approximate surface area is 75.0 Å². The van der Waals surface area contributed by atoms with Crippen molar-refractivity contribution >= 4 is 18.1 Å². The Morgan fingerprint density at radius 3 is 2.62 bits per heavy atom. The van der Waals surface area contributed by atoms with Crippen LogP contribution in [0.4, 0.5) is 4.79 Å². The molecule has 0 spiro atoms. The van der Waals surface area contributed by atoms with Crippen molar-refractivity contribution in [1.29, 1.82) is 0 Å². The molecule has 0 aromatic heterocycles. The Morgan fingerprint density at radius 1 is 1.62 bits per heavy atom. The molecule has 13 heavy (non-hydrogen) atoms. The van der Waals surface area contributed by atoms with Crippen LogP contribution in [0.25, 0.3) is 0 Å². The molecule has 0 saturated carbocycles. The second kappa shape index (κ2) is 5.91. The van der Waals surface area contributed by atoms with E-state index in [-0.39, 0.29) is 0 Å². The Bertz CT molecular complexity index is 245. The first-order chi connectivity index (χ1) is 6.15. The molecule has 6 nitrogen and oxygen atoms in total. The van der Waals surface area contributed by atoms with Crippen LogP contribution in [0.3, 0.4) is 0 Å². The molecular formula is C7H10N2O4. The number of nitrogens with zero attached hydrogens (tertiary/aromatic N) is 1. The number of carbonyl (C=O) groups excluding carboxylic acids is 3. The summed E-state index contributed by atoms with van der Waals surface area (Å²) in [5.41, 5.74) is 0. The summed E-state index contributed by atoms with van der Waals surface area (Å²) in [5.74, 6) is -0.572. The molecule has 0 bridgehead atoms. The largest absolute Gasteiger partial charge is 0.467 e. The number of aliphatic imine (C=N–C) groups is 1. The number of hydrogen-bond acceptors (Lipinski definition) is 4. The SMILES string of the molecule is CC[C@H](NC(=O)N=C=O)C(=O)OC. The van der Waals surface area contributed by atoms with Crippen LogP contribution in [-0.2, 0) is 14.3 Å². The van der Waals surface area contributed by atoms with Gasteiger partial charge in [-0.2, -0.15) is 0 Å². The number of hydrogen-bond donors (Lipinski definition) is 1. The van der Waals surface area contributed by atoms with Gasteiger partial charge in [0.1, 0.15) is 6.04 Å². The quantitative estimate of drug-likeness (QED) is 0.381. The molecule has 1 N–H and O–H groups in total. The standard InChI is InChI=1S/C7H10N2O4/c1-3-5(6(11)13-2)9-7(12)8-4-10/h5H,3H2,1-2H3,(H,9,12)/t5-/m0/s1. The van der Waals surface area contributed by atoms with Crippen LogP contribution >= 0.6 is 0 Å². The lowest BCUT2D eigenvalue weighted by Gasteiger charge is -2.11. The van der Waals surface area contributed by atoms with Gasteiger partial charge in [0.05, 0.1) is 7.11 Å². The summed E-state index contributed by atoms with van der Waals surface area (Å²) in [4.78, 5) is 34.0. The van der Waals surface area contributed by atoms with E-state index in [0.29, 0.717) is 6.42 Å². The van der Waals surface area contributed by atoms with Crippen molar-refractivity contribution in [3.05, 3.63) is 0 Å². The first-order valence-corrected chi connectivity index (χ1v) is 3.61. The zero-order chi connectivity index (χ0) is 10.3. The number of isocyanates is 1. The molecule has 0 aliphatic heterocycles. The molecular weight excluding hydrogens is 176 g/mol. The fourth-order valence-electron chi connectivity index (χ4n) is 0.693. The molecule has 2 amide bonds. The summed E-state index contributed by atoms with van der Waals surface area (Å²) < 4.78 is 4.39. The second-order valence-corrected chi connectivity index (χ2v) is 2.14. The van der Waals surface area contributed by atoms with Crippen molar-refractivity contribution in [2.45, 2.75) is 19.4 Å². The maximum Gasteiger partial charge on any atom is 0.352 e. The molecule has 0 fully saturated rings. The molecule has 0 unspecified atom stereocenters. The van der Waals surface area contributed by atoms with Gasteiger partial charge in [0.15, 0.2) is 0 Å². The molecule has 0 aliphatic rings. The van der Waals surface area contributed by atoms with Gasteiger partial charge in [0.25, 0.3) is 0 Å². The fraction of sp³-hybridized carbons (Fsp3) is 0.571. The summed E-state index contributed by atoms with van der Waals surface area (Å²) >= 11 is 0. The highest BCUT2D eigenvalue weighted by molar-refractivity contribution is 5.85. The minimum Gasteiger partial charge on any atom is -0.467 e. The lowest BCUT2D eigenvalue weighted by Crippen LogP contribution is -2.39. The molecule has 0 heterocycles. The van der Waals surface area contributed by atoms with E-state index in [4.69, 9.17) is 0 Å². The summed E-state index contributed by atoms with van der Waals surface area (Å²) in [7, 11) is 1.21. The molecule has 0 saturated heterocycles. The zero-order valence-electron chi connectivity index (χ0n) is 7.36. The number of esters is 1. The van der Waals surface area contributed by atoms with Gasteiger partial charge in [-0.25, -0.2) is 14.4 Å². The second-order valence-electron chi connectivity index (χ2n) is 2.14. The molecule has 72 valence electrons. The van der Waals surface area contributed by atoms with E-state index in [0.717, 1.165) is 6.08 Å². The number of carbonyl (C=O) groups is 2. The van der Waals surface area contributed by atoms with Gasteiger partial charge in [-0.05, 0) is 6.42 Å². The Hall–Kier alpha value is -1.68. The third-order valence-electron chi connectivity index (χ3n) is 1.34. The molecule has 0 aliphatic carbocycles. The van der Waals surface area contributed by atoms with Gasteiger partial charge in [0.2, 0.25) is 6.08 Å². The van der Waals surface area contributed by atoms with Crippen molar-refractivity contribution in [2.24, 2.45) is 4.99 Å². The van der Waals surface area contributed by atoms with E-state index >= 15 is 0 Å². The fourth-order valence-corrected chi connectivity index (χ4v) is 0.693. The number of nitrogens with one attached hydrogen (secondary N) is 1. The van der Waals surface area contributed by atoms with E-state index < -0.39 is 18.0 Å². The molecule has 0 aromatic carbocycles. The molecule has 6 heteroatoms. The van der Waals surface area contributed by atoms with Crippen molar-refractivity contribution < 1.29 is 19.1 Å². The zero-order valence-corrected chi connectivity index (χ0v) is 7.36. The van der Waals surface area contributed by atoms with Crippen LogP contribution in [0, 0.1) is 0 Å². The summed E-state index contributed by atoms with van der Waals surface area (Å²) in [5, 5.41) is 2.18. The monoisotopic (exact) mass is 186 g/mol. The van der Waals surface area contributed by atoms with E-state index in [2.05, 4.69) is 15.0 Å². The highest BCUT2D eigenvalue weighted by atomic mass is 16.5. The number of amides is 2. The maximum absolute atomic E-state index is 10.9. The summed E-state index contributed by atoms with van der Waals surface area (Å²) in [6.07, 6.45) is 1.43. The van der Waals surface area contributed by atoms with Crippen molar-refractivity contribution in [3.63, 3.8) is 0 Å². The minimum atomic E-state index is -0.896. The van der Waals surface area contributed by atoms with E-state index in [9.17, 15) is 14.4 Å². The highest BCUT2D eigenvalue weighted by Gasteiger charge is 2.18. The van der Waals surface area contributed by atoms with Crippen LogP contribution in [0.1, 0.15) is 13.3 Å². The Balaban J connectivity index is 4.20. The van der Waals surface area contributed by atoms with E-state index in [1.165, 1.54) is 7.11 Å². The third kappa shape index (κ3) is 4.03. The normalized spacial score (nSPS) is 10.9. The summed E-state index contributed by atoms with van der Waals surface area (Å²) in [6, 6.07) is -1.66. The Kier molecular flexibility index (Phi) is 5.14. The maximum atomic E-state index is 10.9. The van der Waals surface area contributed by atoms with Crippen LogP contribution < -0.4 is 5.32 Å². The first-order valence-electron chi connectivity index (χ1n) is 3.61. The lowest BCUT2D eigenvalue weighted by atomic mass is 10.2. The van der Waals surface area contributed by atoms with Crippen molar-refractivity contribution in [3.8, 4) is 0 Å². The van der Waals surface area contributed by atoms with Crippen molar-refractivity contribution in [2.75, 3.05) is 7.11 Å². The average molecular weight is 186 g/mol. The Morgan fingerprint density at radius 2 is 2.23 bits per heavy atom. The van der Waals surface area contributed by atoms with Crippen LogP contribution in [0.5, 0.6) is 0 Å². The minimum absolute atomic E-state index is 0.368. The van der Waals surface area contributed by atoms with Crippen LogP contribution in [-0.4, -0.2) is 31.2 Å². The molecule has 0 aromatic rings. The first kappa shape index (κ1) is 11.3. The van der Waals surface area contributed by atoms with E-state index in [1.54, 1.807) is 6.92 Å². The number of urea groups is 1. The number of ether oxygens (including phenoxy) is 1. The van der Waals surface area contributed by atoms with Gasteiger partial charge in [0, 0.05) is 0 Å². The number of methoxy groups -OCH3 is 1. The third-order valence-corrected chi connectivity index (χ3v) is 1.34. The van der Waals surface area contributed by atoms with Crippen molar-refractivity contribution in [1.82, 2.24) is 5.32 Å². The topological polar surface area (TPSA) is 84.8 Å². The molecule has 0 rings (SSSR count). The summed E-state index contributed by atoms with van der Waals surface area (Å²) in [6.45, 7) is 1.69. The lowest BCUT2D eigenvalue weighted by molar-refractivity contribution is -0.142. The molecule has 0 radical (unpaired) electrons. The van der Waals surface area contributed by atoms with Gasteiger partial charge < -0.3 is 10.1 Å². The average Bonchev–Trinajstić information content (AvgIpc) is 2.13. The van der Waals surface area contributed by atoms with Gasteiger partial charge in [-0.3, -0.25) is 0 Å².